The molecule has 1 fully saturated rings. The van der Waals surface area contributed by atoms with E-state index in [-0.39, 0.29) is 6.10 Å². The third-order valence-corrected chi connectivity index (χ3v) is 5.96. The normalized spacial score (nSPS) is 15.6. The molecule has 31 heavy (non-hydrogen) atoms. The summed E-state index contributed by atoms with van der Waals surface area (Å²) in [7, 11) is 1.99. The largest absolute Gasteiger partial charge is 0.485 e. The lowest BCUT2D eigenvalue weighted by atomic mass is 10.1. The smallest absolute Gasteiger partial charge is 0.125 e. The van der Waals surface area contributed by atoms with Gasteiger partial charge in [0.25, 0.3) is 0 Å². The molecule has 0 aliphatic carbocycles. The first-order valence-electron chi connectivity index (χ1n) is 11.3. The Kier molecular flexibility index (Phi) is 7.59. The zero-order valence-corrected chi connectivity index (χ0v) is 18.4. The number of benzene rings is 3. The predicted octanol–water partition coefficient (Wildman–Crippen LogP) is 4.74. The fraction of sp³-hybridized carbons (Fsp3) is 0.333. The number of para-hydroxylation sites is 2. The quantitative estimate of drug-likeness (QED) is 0.546. The zero-order chi connectivity index (χ0) is 21.3. The highest BCUT2D eigenvalue weighted by molar-refractivity contribution is 5.46. The van der Waals surface area contributed by atoms with E-state index in [4.69, 9.17) is 4.74 Å². The lowest BCUT2D eigenvalue weighted by Crippen LogP contribution is -2.46. The molecule has 1 aliphatic heterocycles. The molecule has 0 radical (unpaired) electrons. The van der Waals surface area contributed by atoms with Crippen molar-refractivity contribution in [1.29, 1.82) is 0 Å². The molecule has 1 N–H and O–H groups in total. The van der Waals surface area contributed by atoms with E-state index >= 15 is 0 Å². The molecule has 4 nitrogen and oxygen atoms in total. The Labute approximate surface area is 186 Å². The maximum atomic E-state index is 6.59. The second-order valence-corrected chi connectivity index (χ2v) is 8.12. The number of anilines is 1. The van der Waals surface area contributed by atoms with E-state index in [2.05, 4.69) is 100 Å². The summed E-state index contributed by atoms with van der Waals surface area (Å²) in [4.78, 5) is 5.01. The second kappa shape index (κ2) is 11.0. The number of ether oxygens (including phenoxy) is 1. The van der Waals surface area contributed by atoms with Gasteiger partial charge in [0.15, 0.2) is 0 Å². The van der Waals surface area contributed by atoms with E-state index in [1.807, 2.05) is 7.05 Å². The Balaban J connectivity index is 1.41. The van der Waals surface area contributed by atoms with E-state index in [0.717, 1.165) is 51.4 Å². The van der Waals surface area contributed by atoms with Crippen LogP contribution in [0.2, 0.25) is 0 Å². The van der Waals surface area contributed by atoms with Crippen molar-refractivity contribution in [3.05, 3.63) is 96.1 Å². The van der Waals surface area contributed by atoms with Crippen molar-refractivity contribution in [3.8, 4) is 5.75 Å². The topological polar surface area (TPSA) is 27.7 Å². The Hall–Kier alpha value is -2.82. The number of nitrogens with zero attached hydrogens (tertiary/aromatic N) is 2. The van der Waals surface area contributed by atoms with Gasteiger partial charge < -0.3 is 15.0 Å². The van der Waals surface area contributed by atoms with Crippen LogP contribution in [0.15, 0.2) is 84.9 Å². The van der Waals surface area contributed by atoms with Gasteiger partial charge in [-0.2, -0.15) is 0 Å². The van der Waals surface area contributed by atoms with Gasteiger partial charge in [-0.1, -0.05) is 66.7 Å². The molecule has 1 unspecified atom stereocenters. The highest BCUT2D eigenvalue weighted by atomic mass is 16.5. The second-order valence-electron chi connectivity index (χ2n) is 8.12. The van der Waals surface area contributed by atoms with Crippen LogP contribution in [0.3, 0.4) is 0 Å². The van der Waals surface area contributed by atoms with E-state index in [9.17, 15) is 0 Å². The molecule has 162 valence electrons. The molecule has 1 saturated heterocycles. The molecule has 1 aliphatic rings. The predicted molar refractivity (Wildman–Crippen MR) is 129 cm³/mol. The fourth-order valence-corrected chi connectivity index (χ4v) is 4.18. The minimum Gasteiger partial charge on any atom is -0.485 e. The van der Waals surface area contributed by atoms with Gasteiger partial charge in [0.2, 0.25) is 0 Å². The van der Waals surface area contributed by atoms with Crippen LogP contribution >= 0.6 is 0 Å². The van der Waals surface area contributed by atoms with Gasteiger partial charge >= 0.3 is 0 Å². The first kappa shape index (κ1) is 21.4. The molecule has 0 amide bonds. The molecule has 0 aromatic heterocycles. The number of hydrogen-bond donors (Lipinski definition) is 1. The summed E-state index contributed by atoms with van der Waals surface area (Å²) in [6, 6.07) is 29.8. The van der Waals surface area contributed by atoms with Gasteiger partial charge in [-0.3, -0.25) is 4.90 Å². The van der Waals surface area contributed by atoms with Crippen LogP contribution in [0.1, 0.15) is 23.7 Å². The van der Waals surface area contributed by atoms with Gasteiger partial charge in [0.05, 0.1) is 0 Å². The summed E-state index contributed by atoms with van der Waals surface area (Å²) in [5.41, 5.74) is 3.81. The third-order valence-electron chi connectivity index (χ3n) is 5.96. The van der Waals surface area contributed by atoms with Crippen LogP contribution in [0.4, 0.5) is 5.69 Å². The van der Waals surface area contributed by atoms with Crippen LogP contribution in [0, 0.1) is 0 Å². The lowest BCUT2D eigenvalue weighted by molar-refractivity contribution is 0.186. The molecule has 0 bridgehead atoms. The van der Waals surface area contributed by atoms with Gasteiger partial charge in [0, 0.05) is 50.4 Å². The average Bonchev–Trinajstić information content (AvgIpc) is 2.84. The number of rotatable bonds is 9. The fourth-order valence-electron chi connectivity index (χ4n) is 4.18. The number of nitrogens with one attached hydrogen (secondary N) is 1. The van der Waals surface area contributed by atoms with Crippen molar-refractivity contribution in [1.82, 2.24) is 10.2 Å². The number of hydrogen-bond acceptors (Lipinski definition) is 4. The molecule has 3 aromatic rings. The van der Waals surface area contributed by atoms with Gasteiger partial charge in [-0.15, -0.1) is 0 Å². The maximum absolute atomic E-state index is 6.59. The van der Waals surface area contributed by atoms with Crippen LogP contribution in [-0.2, 0) is 6.54 Å². The standard InChI is InChI=1S/C27H33N3O/c1-28-17-16-27(23-10-4-2-5-11-23)31-26-15-9-8-12-24(26)22-29-18-20-30(21-19-29)25-13-6-3-7-14-25/h2-15,27-28H,16-22H2,1H3. The molecule has 0 saturated carbocycles. The summed E-state index contributed by atoms with van der Waals surface area (Å²) in [6.07, 6.45) is 0.981. The Morgan fingerprint density at radius 2 is 1.45 bits per heavy atom. The van der Waals surface area contributed by atoms with Crippen LogP contribution in [0.25, 0.3) is 0 Å². The van der Waals surface area contributed by atoms with Crippen LogP contribution in [-0.4, -0.2) is 44.7 Å². The van der Waals surface area contributed by atoms with Crippen LogP contribution in [0.5, 0.6) is 5.75 Å². The minimum absolute atomic E-state index is 0.0460. The first-order chi connectivity index (χ1) is 15.3. The third kappa shape index (κ3) is 5.87. The van der Waals surface area contributed by atoms with Crippen LogP contribution < -0.4 is 15.0 Å². The van der Waals surface area contributed by atoms with Crippen molar-refractivity contribution in [3.63, 3.8) is 0 Å². The van der Waals surface area contributed by atoms with E-state index < -0.39 is 0 Å². The zero-order valence-electron chi connectivity index (χ0n) is 18.4. The Bertz CT molecular complexity index is 908. The summed E-state index contributed by atoms with van der Waals surface area (Å²) in [5, 5.41) is 3.26. The SMILES string of the molecule is CNCCC(Oc1ccccc1CN1CCN(c2ccccc2)CC1)c1ccccc1. The molecule has 0 spiro atoms. The highest BCUT2D eigenvalue weighted by Gasteiger charge is 2.20. The van der Waals surface area contributed by atoms with Crippen molar-refractivity contribution in [2.45, 2.75) is 19.1 Å². The van der Waals surface area contributed by atoms with E-state index in [0.29, 0.717) is 0 Å². The molecular formula is C27H33N3O. The van der Waals surface area contributed by atoms with Crippen molar-refractivity contribution >= 4 is 5.69 Å². The summed E-state index contributed by atoms with van der Waals surface area (Å²) >= 11 is 0. The Morgan fingerprint density at radius 3 is 2.16 bits per heavy atom. The first-order valence-corrected chi connectivity index (χ1v) is 11.3. The maximum Gasteiger partial charge on any atom is 0.125 e. The lowest BCUT2D eigenvalue weighted by Gasteiger charge is -2.36. The summed E-state index contributed by atoms with van der Waals surface area (Å²) < 4.78 is 6.59. The monoisotopic (exact) mass is 415 g/mol. The molecule has 4 heteroatoms. The van der Waals surface area contributed by atoms with Crippen molar-refractivity contribution in [2.75, 3.05) is 44.7 Å². The van der Waals surface area contributed by atoms with Gasteiger partial charge in [0.1, 0.15) is 11.9 Å². The van der Waals surface area contributed by atoms with Gasteiger partial charge in [-0.05, 0) is 37.4 Å². The van der Waals surface area contributed by atoms with E-state index in [1.54, 1.807) is 0 Å². The molecule has 4 rings (SSSR count). The van der Waals surface area contributed by atoms with E-state index in [1.165, 1.54) is 16.8 Å². The highest BCUT2D eigenvalue weighted by Crippen LogP contribution is 2.29. The van der Waals surface area contributed by atoms with Crippen molar-refractivity contribution in [2.24, 2.45) is 0 Å². The molecular weight excluding hydrogens is 382 g/mol. The summed E-state index contributed by atoms with van der Waals surface area (Å²) in [5.74, 6) is 0.998. The molecule has 1 atom stereocenters. The van der Waals surface area contributed by atoms with Crippen molar-refractivity contribution < 1.29 is 4.74 Å². The molecule has 3 aromatic carbocycles. The molecule has 1 heterocycles. The van der Waals surface area contributed by atoms with Gasteiger partial charge in [-0.25, -0.2) is 0 Å². The minimum atomic E-state index is 0.0460. The Morgan fingerprint density at radius 1 is 0.806 bits per heavy atom. The summed E-state index contributed by atoms with van der Waals surface area (Å²) in [6.45, 7) is 6.08. The number of piperazine rings is 1. The average molecular weight is 416 g/mol.